The Morgan fingerprint density at radius 1 is 1.03 bits per heavy atom. The van der Waals surface area contributed by atoms with Gasteiger partial charge in [0, 0.05) is 11.3 Å². The van der Waals surface area contributed by atoms with Crippen molar-refractivity contribution in [2.75, 3.05) is 12.0 Å². The summed E-state index contributed by atoms with van der Waals surface area (Å²) in [7, 11) is 1.50. The van der Waals surface area contributed by atoms with Crippen LogP contribution in [0.3, 0.4) is 0 Å². The lowest BCUT2D eigenvalue weighted by atomic mass is 9.94. The minimum atomic E-state index is -0.842. The minimum absolute atomic E-state index is 0.00240. The summed E-state index contributed by atoms with van der Waals surface area (Å²) in [6.45, 7) is 5.76. The molecule has 1 N–H and O–H groups in total. The lowest BCUT2D eigenvalue weighted by Crippen LogP contribution is -2.29. The maximum atomic E-state index is 13.3. The third-order valence-corrected chi connectivity index (χ3v) is 6.01. The molecule has 1 unspecified atom stereocenters. The van der Waals surface area contributed by atoms with Gasteiger partial charge in [-0.1, -0.05) is 41.4 Å². The molecular formula is C28H26ClNO5. The van der Waals surface area contributed by atoms with Crippen LogP contribution >= 0.6 is 11.6 Å². The van der Waals surface area contributed by atoms with Gasteiger partial charge in [0.2, 0.25) is 0 Å². The van der Waals surface area contributed by atoms with E-state index in [1.54, 1.807) is 42.5 Å². The van der Waals surface area contributed by atoms with Gasteiger partial charge in [-0.3, -0.25) is 14.5 Å². The number of Topliss-reactive ketones (excluding diaryl/α,β-unsaturated/α-hetero) is 1. The largest absolute Gasteiger partial charge is 0.507 e. The summed E-state index contributed by atoms with van der Waals surface area (Å²) >= 11 is 6.34. The molecule has 0 radical (unpaired) electrons. The van der Waals surface area contributed by atoms with Gasteiger partial charge in [-0.15, -0.1) is 0 Å². The Labute approximate surface area is 209 Å². The number of hydrogen-bond acceptors (Lipinski definition) is 5. The highest BCUT2D eigenvalue weighted by molar-refractivity contribution is 6.51. The van der Waals surface area contributed by atoms with Gasteiger partial charge >= 0.3 is 0 Å². The first-order valence-electron chi connectivity index (χ1n) is 11.2. The number of aliphatic hydroxyl groups excluding tert-OH is 1. The van der Waals surface area contributed by atoms with E-state index >= 15 is 0 Å². The van der Waals surface area contributed by atoms with E-state index in [0.717, 1.165) is 5.56 Å². The van der Waals surface area contributed by atoms with Crippen LogP contribution in [0, 0.1) is 6.92 Å². The molecule has 4 rings (SSSR count). The number of methoxy groups -OCH3 is 1. The Bertz CT molecular complexity index is 1310. The third kappa shape index (κ3) is 4.75. The Balaban J connectivity index is 1.88. The van der Waals surface area contributed by atoms with Crippen molar-refractivity contribution in [3.8, 4) is 11.5 Å². The molecule has 0 spiro atoms. The van der Waals surface area contributed by atoms with E-state index in [1.807, 2.05) is 45.0 Å². The maximum Gasteiger partial charge on any atom is 0.300 e. The molecule has 1 heterocycles. The molecule has 35 heavy (non-hydrogen) atoms. The van der Waals surface area contributed by atoms with E-state index < -0.39 is 17.7 Å². The SMILES string of the molecule is COc1ccc(N2C(=O)C(=O)/C(=C(/O)c3ccc(OC(C)C)cc3)C2c2cccc(C)c2)cc1Cl. The second-order valence-electron chi connectivity index (χ2n) is 8.59. The summed E-state index contributed by atoms with van der Waals surface area (Å²) in [6, 6.07) is 18.3. The Morgan fingerprint density at radius 3 is 2.34 bits per heavy atom. The van der Waals surface area contributed by atoms with Crippen LogP contribution in [0.2, 0.25) is 5.02 Å². The van der Waals surface area contributed by atoms with E-state index in [9.17, 15) is 14.7 Å². The Hall–Kier alpha value is -3.77. The Kier molecular flexibility index (Phi) is 6.85. The van der Waals surface area contributed by atoms with Crippen LogP contribution in [0.1, 0.15) is 36.6 Å². The fraction of sp³-hybridized carbons (Fsp3) is 0.214. The van der Waals surface area contributed by atoms with Crippen molar-refractivity contribution >= 4 is 34.7 Å². The molecule has 1 aliphatic heterocycles. The molecule has 1 amide bonds. The van der Waals surface area contributed by atoms with Crippen LogP contribution < -0.4 is 14.4 Å². The van der Waals surface area contributed by atoms with Gasteiger partial charge in [-0.2, -0.15) is 0 Å². The molecule has 3 aromatic rings. The monoisotopic (exact) mass is 491 g/mol. The van der Waals surface area contributed by atoms with Crippen LogP contribution in [0.4, 0.5) is 5.69 Å². The first kappa shape index (κ1) is 24.4. The van der Waals surface area contributed by atoms with Gasteiger partial charge in [0.15, 0.2) is 0 Å². The number of nitrogens with zero attached hydrogens (tertiary/aromatic N) is 1. The third-order valence-electron chi connectivity index (χ3n) is 5.72. The van der Waals surface area contributed by atoms with Crippen molar-refractivity contribution in [2.45, 2.75) is 32.9 Å². The standard InChI is InChI=1S/C28H26ClNO5/c1-16(2)35-21-11-8-18(9-12-21)26(31)24-25(19-7-5-6-17(3)14-19)30(28(33)27(24)32)20-10-13-23(34-4)22(29)15-20/h5-16,25,31H,1-4H3/b26-24+. The van der Waals surface area contributed by atoms with Crippen molar-refractivity contribution in [1.29, 1.82) is 0 Å². The number of aliphatic hydroxyl groups is 1. The second-order valence-corrected chi connectivity index (χ2v) is 9.00. The average Bonchev–Trinajstić information content (AvgIpc) is 3.09. The first-order chi connectivity index (χ1) is 16.7. The number of rotatable bonds is 6. The number of benzene rings is 3. The number of amides is 1. The smallest absolute Gasteiger partial charge is 0.300 e. The van der Waals surface area contributed by atoms with E-state index in [-0.39, 0.29) is 17.4 Å². The summed E-state index contributed by atoms with van der Waals surface area (Å²) in [5, 5.41) is 11.6. The van der Waals surface area contributed by atoms with Gasteiger partial charge in [0.05, 0.1) is 29.9 Å². The van der Waals surface area contributed by atoms with Gasteiger partial charge in [0.25, 0.3) is 11.7 Å². The van der Waals surface area contributed by atoms with Crippen molar-refractivity contribution < 1.29 is 24.2 Å². The summed E-state index contributed by atoms with van der Waals surface area (Å²) in [5.74, 6) is -0.696. The maximum absolute atomic E-state index is 13.3. The molecule has 7 heteroatoms. The molecule has 1 atom stereocenters. The number of ether oxygens (including phenoxy) is 2. The zero-order valence-electron chi connectivity index (χ0n) is 19.9. The molecule has 0 aliphatic carbocycles. The molecule has 180 valence electrons. The van der Waals surface area contributed by atoms with Crippen molar-refractivity contribution in [1.82, 2.24) is 0 Å². The van der Waals surface area contributed by atoms with Gasteiger partial charge in [-0.25, -0.2) is 0 Å². The lowest BCUT2D eigenvalue weighted by molar-refractivity contribution is -0.132. The molecule has 1 saturated heterocycles. The van der Waals surface area contributed by atoms with E-state index in [4.69, 9.17) is 21.1 Å². The number of ketones is 1. The highest BCUT2D eigenvalue weighted by Gasteiger charge is 2.47. The van der Waals surface area contributed by atoms with E-state index in [1.165, 1.54) is 12.0 Å². The van der Waals surface area contributed by atoms with Crippen LogP contribution in [0.5, 0.6) is 11.5 Å². The Morgan fingerprint density at radius 2 is 1.74 bits per heavy atom. The lowest BCUT2D eigenvalue weighted by Gasteiger charge is -2.26. The highest BCUT2D eigenvalue weighted by Crippen LogP contribution is 2.43. The van der Waals surface area contributed by atoms with Crippen molar-refractivity contribution in [2.24, 2.45) is 0 Å². The van der Waals surface area contributed by atoms with Crippen LogP contribution in [-0.2, 0) is 9.59 Å². The van der Waals surface area contributed by atoms with Gasteiger partial charge in [0.1, 0.15) is 17.3 Å². The summed E-state index contributed by atoms with van der Waals surface area (Å²) < 4.78 is 10.9. The summed E-state index contributed by atoms with van der Waals surface area (Å²) in [4.78, 5) is 28.0. The molecule has 0 aromatic heterocycles. The summed E-state index contributed by atoms with van der Waals surface area (Å²) in [6.07, 6.45) is -0.00240. The first-order valence-corrected chi connectivity index (χ1v) is 11.6. The number of halogens is 1. The average molecular weight is 492 g/mol. The molecule has 0 bridgehead atoms. The molecular weight excluding hydrogens is 466 g/mol. The fourth-order valence-corrected chi connectivity index (χ4v) is 4.43. The quantitative estimate of drug-likeness (QED) is 0.257. The van der Waals surface area contributed by atoms with E-state index in [2.05, 4.69) is 0 Å². The summed E-state index contributed by atoms with van der Waals surface area (Å²) in [5.41, 5.74) is 2.48. The molecule has 3 aromatic carbocycles. The second kappa shape index (κ2) is 9.84. The number of aryl methyl sites for hydroxylation is 1. The number of carbonyl (C=O) groups excluding carboxylic acids is 2. The minimum Gasteiger partial charge on any atom is -0.507 e. The predicted octanol–water partition coefficient (Wildman–Crippen LogP) is 6.07. The zero-order valence-corrected chi connectivity index (χ0v) is 20.7. The zero-order chi connectivity index (χ0) is 25.3. The van der Waals surface area contributed by atoms with Crippen molar-refractivity contribution in [3.05, 3.63) is 94.0 Å². The van der Waals surface area contributed by atoms with Crippen LogP contribution in [-0.4, -0.2) is 30.0 Å². The fourth-order valence-electron chi connectivity index (χ4n) is 4.18. The van der Waals surface area contributed by atoms with Crippen LogP contribution in [0.15, 0.2) is 72.3 Å². The molecule has 0 saturated carbocycles. The topological polar surface area (TPSA) is 76.1 Å². The van der Waals surface area contributed by atoms with E-state index in [0.29, 0.717) is 33.3 Å². The van der Waals surface area contributed by atoms with Crippen molar-refractivity contribution in [3.63, 3.8) is 0 Å². The number of anilines is 1. The number of hydrogen-bond donors (Lipinski definition) is 1. The highest BCUT2D eigenvalue weighted by atomic mass is 35.5. The molecule has 1 aliphatic rings. The predicted molar refractivity (Wildman–Crippen MR) is 136 cm³/mol. The molecule has 1 fully saturated rings. The number of carbonyl (C=O) groups is 2. The van der Waals surface area contributed by atoms with Gasteiger partial charge < -0.3 is 14.6 Å². The van der Waals surface area contributed by atoms with Crippen LogP contribution in [0.25, 0.3) is 5.76 Å². The normalized spacial score (nSPS) is 17.2. The molecule has 6 nitrogen and oxygen atoms in total. The van der Waals surface area contributed by atoms with Gasteiger partial charge in [-0.05, 0) is 68.8 Å².